The first kappa shape index (κ1) is 16.3. The normalized spacial score (nSPS) is 25.0. The number of hydrogen-bond acceptors (Lipinski definition) is 3. The standard InChI is InChI=1S/C20H25N3O2/c1-22-13-16(12-21-22)17-11-18(17)20(25)23-9-7-15(8-10-23)19(24)14-5-3-2-4-6-14/h2-6,12-13,15,17-19,24H,7-11H2,1H3. The number of amides is 1. The maximum atomic E-state index is 12.7. The van der Waals surface area contributed by atoms with Crippen molar-refractivity contribution in [2.45, 2.75) is 31.3 Å². The van der Waals surface area contributed by atoms with E-state index in [0.717, 1.165) is 37.9 Å². The van der Waals surface area contributed by atoms with Crippen LogP contribution in [0, 0.1) is 11.8 Å². The molecule has 1 saturated carbocycles. The molecule has 5 nitrogen and oxygen atoms in total. The number of aryl methyl sites for hydroxylation is 1. The number of aromatic nitrogens is 2. The van der Waals surface area contributed by atoms with Crippen molar-refractivity contribution in [3.05, 3.63) is 53.9 Å². The molecule has 0 spiro atoms. The van der Waals surface area contributed by atoms with E-state index >= 15 is 0 Å². The van der Waals surface area contributed by atoms with E-state index in [0.29, 0.717) is 5.92 Å². The van der Waals surface area contributed by atoms with Crippen LogP contribution in [0.3, 0.4) is 0 Å². The zero-order chi connectivity index (χ0) is 17.4. The maximum Gasteiger partial charge on any atom is 0.226 e. The summed E-state index contributed by atoms with van der Waals surface area (Å²) >= 11 is 0. The van der Waals surface area contributed by atoms with Gasteiger partial charge in [-0.3, -0.25) is 9.48 Å². The number of likely N-dealkylation sites (tertiary alicyclic amines) is 1. The monoisotopic (exact) mass is 339 g/mol. The van der Waals surface area contributed by atoms with Gasteiger partial charge < -0.3 is 10.0 Å². The maximum absolute atomic E-state index is 12.7. The fourth-order valence-corrected chi connectivity index (χ4v) is 4.06. The second-order valence-corrected chi connectivity index (χ2v) is 7.41. The number of benzene rings is 1. The average Bonchev–Trinajstić information content (AvgIpc) is 3.35. The Kier molecular flexibility index (Phi) is 4.34. The third kappa shape index (κ3) is 3.33. The molecule has 3 atom stereocenters. The molecule has 2 aliphatic rings. The van der Waals surface area contributed by atoms with Crippen LogP contribution in [0.25, 0.3) is 0 Å². The van der Waals surface area contributed by atoms with Crippen LogP contribution in [0.1, 0.15) is 42.4 Å². The molecule has 25 heavy (non-hydrogen) atoms. The summed E-state index contributed by atoms with van der Waals surface area (Å²) in [5, 5.41) is 14.8. The molecule has 0 radical (unpaired) electrons. The van der Waals surface area contributed by atoms with Gasteiger partial charge in [0.05, 0.1) is 12.3 Å². The van der Waals surface area contributed by atoms with Crippen molar-refractivity contribution in [2.24, 2.45) is 18.9 Å². The van der Waals surface area contributed by atoms with Gasteiger partial charge in [0.15, 0.2) is 0 Å². The Balaban J connectivity index is 1.31. The highest BCUT2D eigenvalue weighted by molar-refractivity contribution is 5.83. The number of piperidine rings is 1. The molecule has 2 aromatic rings. The molecule has 0 bridgehead atoms. The van der Waals surface area contributed by atoms with Crippen molar-refractivity contribution in [3.8, 4) is 0 Å². The van der Waals surface area contributed by atoms with E-state index in [1.165, 1.54) is 5.56 Å². The Morgan fingerprint density at radius 3 is 2.60 bits per heavy atom. The van der Waals surface area contributed by atoms with Crippen molar-refractivity contribution in [2.75, 3.05) is 13.1 Å². The molecule has 5 heteroatoms. The minimum Gasteiger partial charge on any atom is -0.388 e. The summed E-state index contributed by atoms with van der Waals surface area (Å²) in [6.45, 7) is 1.51. The minimum atomic E-state index is -0.428. The number of aliphatic hydroxyl groups is 1. The van der Waals surface area contributed by atoms with Crippen LogP contribution in [-0.2, 0) is 11.8 Å². The fraction of sp³-hybridized carbons (Fsp3) is 0.500. The van der Waals surface area contributed by atoms with Crippen molar-refractivity contribution in [1.82, 2.24) is 14.7 Å². The highest BCUT2D eigenvalue weighted by Crippen LogP contribution is 2.48. The largest absolute Gasteiger partial charge is 0.388 e. The molecule has 1 aliphatic heterocycles. The smallest absolute Gasteiger partial charge is 0.226 e. The summed E-state index contributed by atoms with van der Waals surface area (Å²) in [6, 6.07) is 9.84. The highest BCUT2D eigenvalue weighted by atomic mass is 16.3. The van der Waals surface area contributed by atoms with Crippen LogP contribution in [0.4, 0.5) is 0 Å². The predicted octanol–water partition coefficient (Wildman–Crippen LogP) is 2.50. The van der Waals surface area contributed by atoms with E-state index < -0.39 is 6.10 Å². The summed E-state index contributed by atoms with van der Waals surface area (Å²) < 4.78 is 1.80. The predicted molar refractivity (Wildman–Crippen MR) is 94.8 cm³/mol. The summed E-state index contributed by atoms with van der Waals surface area (Å²) in [4.78, 5) is 14.7. The van der Waals surface area contributed by atoms with Gasteiger partial charge in [0, 0.05) is 32.3 Å². The van der Waals surface area contributed by atoms with E-state index in [1.807, 2.05) is 54.7 Å². The van der Waals surface area contributed by atoms with Gasteiger partial charge in [-0.25, -0.2) is 0 Å². The van der Waals surface area contributed by atoms with Crippen LogP contribution in [0.2, 0.25) is 0 Å². The van der Waals surface area contributed by atoms with Gasteiger partial charge >= 0.3 is 0 Å². The number of carbonyl (C=O) groups excluding carboxylic acids is 1. The number of nitrogens with zero attached hydrogens (tertiary/aromatic N) is 3. The number of aliphatic hydroxyl groups excluding tert-OH is 1. The number of carbonyl (C=O) groups is 1. The number of hydrogen-bond donors (Lipinski definition) is 1. The van der Waals surface area contributed by atoms with Gasteiger partial charge in [-0.05, 0) is 42.2 Å². The van der Waals surface area contributed by atoms with Gasteiger partial charge in [0.1, 0.15) is 0 Å². The number of rotatable bonds is 4. The molecule has 1 N–H and O–H groups in total. The Morgan fingerprint density at radius 2 is 1.96 bits per heavy atom. The van der Waals surface area contributed by atoms with Gasteiger partial charge in [-0.15, -0.1) is 0 Å². The molecule has 1 aliphatic carbocycles. The lowest BCUT2D eigenvalue weighted by atomic mass is 9.87. The van der Waals surface area contributed by atoms with E-state index in [1.54, 1.807) is 4.68 Å². The lowest BCUT2D eigenvalue weighted by Crippen LogP contribution is -2.40. The third-order valence-electron chi connectivity index (χ3n) is 5.70. The van der Waals surface area contributed by atoms with E-state index in [2.05, 4.69) is 5.10 Å². The Morgan fingerprint density at radius 1 is 1.24 bits per heavy atom. The SMILES string of the molecule is Cn1cc(C2CC2C(=O)N2CCC(C(O)c3ccccc3)CC2)cn1. The van der Waals surface area contributed by atoms with E-state index in [4.69, 9.17) is 0 Å². The van der Waals surface area contributed by atoms with Crippen LogP contribution < -0.4 is 0 Å². The molecule has 1 amide bonds. The van der Waals surface area contributed by atoms with Crippen LogP contribution in [-0.4, -0.2) is 38.8 Å². The third-order valence-corrected chi connectivity index (χ3v) is 5.70. The molecule has 2 heterocycles. The van der Waals surface area contributed by atoms with Crippen molar-refractivity contribution >= 4 is 5.91 Å². The zero-order valence-electron chi connectivity index (χ0n) is 14.6. The van der Waals surface area contributed by atoms with E-state index in [9.17, 15) is 9.90 Å². The molecule has 132 valence electrons. The lowest BCUT2D eigenvalue weighted by molar-refractivity contribution is -0.134. The average molecular weight is 339 g/mol. The van der Waals surface area contributed by atoms with Gasteiger partial charge in [-0.2, -0.15) is 5.10 Å². The van der Waals surface area contributed by atoms with Crippen LogP contribution in [0.5, 0.6) is 0 Å². The van der Waals surface area contributed by atoms with Gasteiger partial charge in [0.2, 0.25) is 5.91 Å². The van der Waals surface area contributed by atoms with Crippen molar-refractivity contribution in [3.63, 3.8) is 0 Å². The second-order valence-electron chi connectivity index (χ2n) is 7.41. The van der Waals surface area contributed by atoms with Crippen molar-refractivity contribution in [1.29, 1.82) is 0 Å². The molecule has 2 fully saturated rings. The molecule has 1 saturated heterocycles. The summed E-state index contributed by atoms with van der Waals surface area (Å²) in [5.41, 5.74) is 2.15. The minimum absolute atomic E-state index is 0.125. The van der Waals surface area contributed by atoms with Gasteiger partial charge in [-0.1, -0.05) is 30.3 Å². The Labute approximate surface area is 148 Å². The van der Waals surface area contributed by atoms with Crippen LogP contribution >= 0.6 is 0 Å². The molecule has 3 unspecified atom stereocenters. The Bertz CT molecular complexity index is 734. The highest BCUT2D eigenvalue weighted by Gasteiger charge is 2.46. The molecule has 1 aromatic carbocycles. The summed E-state index contributed by atoms with van der Waals surface area (Å²) in [5.74, 6) is 0.981. The van der Waals surface area contributed by atoms with Crippen molar-refractivity contribution < 1.29 is 9.90 Å². The first-order chi connectivity index (χ1) is 12.1. The molecular weight excluding hydrogens is 314 g/mol. The molecule has 4 rings (SSSR count). The zero-order valence-corrected chi connectivity index (χ0v) is 14.6. The van der Waals surface area contributed by atoms with Crippen LogP contribution in [0.15, 0.2) is 42.7 Å². The van der Waals surface area contributed by atoms with E-state index in [-0.39, 0.29) is 17.7 Å². The lowest BCUT2D eigenvalue weighted by Gasteiger charge is -2.34. The topological polar surface area (TPSA) is 58.4 Å². The summed E-state index contributed by atoms with van der Waals surface area (Å²) in [6.07, 6.45) is 6.14. The fourth-order valence-electron chi connectivity index (χ4n) is 4.06. The Hall–Kier alpha value is -2.14. The van der Waals surface area contributed by atoms with Gasteiger partial charge in [0.25, 0.3) is 0 Å². The summed E-state index contributed by atoms with van der Waals surface area (Å²) in [7, 11) is 1.91. The molecular formula is C20H25N3O2. The quantitative estimate of drug-likeness (QED) is 0.931. The molecule has 1 aromatic heterocycles. The first-order valence-corrected chi connectivity index (χ1v) is 9.14. The second kappa shape index (κ2) is 6.64. The first-order valence-electron chi connectivity index (χ1n) is 9.14.